The van der Waals surface area contributed by atoms with Gasteiger partial charge in [-0.25, -0.2) is 13.1 Å². The molecule has 0 saturated carbocycles. The molecular formula is C18H21NO4S. The van der Waals surface area contributed by atoms with Crippen molar-refractivity contribution in [3.05, 3.63) is 59.2 Å². The quantitative estimate of drug-likeness (QED) is 0.871. The molecule has 0 radical (unpaired) electrons. The van der Waals surface area contributed by atoms with E-state index in [1.165, 1.54) is 12.1 Å². The first-order chi connectivity index (χ1) is 11.3. The zero-order chi connectivity index (χ0) is 17.7. The maximum absolute atomic E-state index is 12.4. The Bertz CT molecular complexity index is 844. The van der Waals surface area contributed by atoms with Crippen molar-refractivity contribution in [1.29, 1.82) is 0 Å². The lowest BCUT2D eigenvalue weighted by Gasteiger charge is -2.10. The first-order valence-corrected chi connectivity index (χ1v) is 9.19. The topological polar surface area (TPSA) is 72.5 Å². The van der Waals surface area contributed by atoms with E-state index in [0.717, 1.165) is 17.5 Å². The molecule has 128 valence electrons. The fraction of sp³-hybridized carbons (Fsp3) is 0.278. The van der Waals surface area contributed by atoms with E-state index in [-0.39, 0.29) is 10.5 Å². The third-order valence-electron chi connectivity index (χ3n) is 3.58. The summed E-state index contributed by atoms with van der Waals surface area (Å²) in [6, 6.07) is 11.2. The number of benzene rings is 2. The van der Waals surface area contributed by atoms with Crippen molar-refractivity contribution in [3.8, 4) is 5.75 Å². The molecule has 2 aromatic rings. The number of hydrogen-bond donors (Lipinski definition) is 1. The van der Waals surface area contributed by atoms with Crippen molar-refractivity contribution in [2.75, 3.05) is 6.61 Å². The summed E-state index contributed by atoms with van der Waals surface area (Å²) in [4.78, 5) is 12.3. The molecule has 2 aromatic carbocycles. The number of ether oxygens (including phenoxy) is 1. The number of sulfonamides is 1. The molecule has 24 heavy (non-hydrogen) atoms. The van der Waals surface area contributed by atoms with Crippen LogP contribution < -0.4 is 9.46 Å². The van der Waals surface area contributed by atoms with Crippen LogP contribution in [-0.4, -0.2) is 20.9 Å². The van der Waals surface area contributed by atoms with Gasteiger partial charge in [-0.15, -0.1) is 0 Å². The summed E-state index contributed by atoms with van der Waals surface area (Å²) in [5.41, 5.74) is 2.07. The third kappa shape index (κ3) is 4.35. The van der Waals surface area contributed by atoms with Gasteiger partial charge in [0.1, 0.15) is 5.75 Å². The van der Waals surface area contributed by atoms with Crippen molar-refractivity contribution in [2.24, 2.45) is 0 Å². The highest BCUT2D eigenvalue weighted by atomic mass is 32.2. The van der Waals surface area contributed by atoms with Gasteiger partial charge < -0.3 is 4.74 Å². The summed E-state index contributed by atoms with van der Waals surface area (Å²) in [6.07, 6.45) is 0.845. The molecule has 0 saturated heterocycles. The van der Waals surface area contributed by atoms with Crippen LogP contribution in [0.25, 0.3) is 0 Å². The van der Waals surface area contributed by atoms with Crippen LogP contribution in [0.4, 0.5) is 0 Å². The molecule has 0 unspecified atom stereocenters. The van der Waals surface area contributed by atoms with Crippen molar-refractivity contribution in [3.63, 3.8) is 0 Å². The fourth-order valence-electron chi connectivity index (χ4n) is 2.07. The Morgan fingerprint density at radius 1 is 1.08 bits per heavy atom. The Kier molecular flexibility index (Phi) is 5.62. The number of amides is 1. The van der Waals surface area contributed by atoms with Gasteiger partial charge in [-0.05, 0) is 61.7 Å². The highest BCUT2D eigenvalue weighted by Gasteiger charge is 2.19. The van der Waals surface area contributed by atoms with Gasteiger partial charge in [0.05, 0.1) is 11.5 Å². The highest BCUT2D eigenvalue weighted by molar-refractivity contribution is 7.90. The van der Waals surface area contributed by atoms with Crippen LogP contribution in [-0.2, 0) is 10.0 Å². The van der Waals surface area contributed by atoms with Gasteiger partial charge in [-0.3, -0.25) is 4.79 Å². The van der Waals surface area contributed by atoms with E-state index in [9.17, 15) is 13.2 Å². The normalized spacial score (nSPS) is 11.1. The van der Waals surface area contributed by atoms with Crippen LogP contribution in [0.15, 0.2) is 47.4 Å². The second kappa shape index (κ2) is 7.49. The van der Waals surface area contributed by atoms with Gasteiger partial charge >= 0.3 is 0 Å². The Balaban J connectivity index is 2.20. The standard InChI is InChI=1S/C18H21NO4S/c1-4-10-23-16-7-5-6-15(12-16)18(20)19-24(21,22)17-9-8-13(2)14(3)11-17/h5-9,11-12H,4,10H2,1-3H3,(H,19,20). The van der Waals surface area contributed by atoms with Gasteiger partial charge in [-0.2, -0.15) is 0 Å². The molecule has 0 fully saturated rings. The summed E-state index contributed by atoms with van der Waals surface area (Å²) < 4.78 is 32.3. The first-order valence-electron chi connectivity index (χ1n) is 7.71. The summed E-state index contributed by atoms with van der Waals surface area (Å²) in [6.45, 7) is 6.23. The molecule has 0 bridgehead atoms. The van der Waals surface area contributed by atoms with Gasteiger partial charge in [0, 0.05) is 5.56 Å². The van der Waals surface area contributed by atoms with E-state index in [1.807, 2.05) is 20.8 Å². The van der Waals surface area contributed by atoms with E-state index in [4.69, 9.17) is 4.74 Å². The molecule has 0 heterocycles. The van der Waals surface area contributed by atoms with E-state index in [1.54, 1.807) is 30.3 Å². The average Bonchev–Trinajstić information content (AvgIpc) is 2.55. The fourth-order valence-corrected chi connectivity index (χ4v) is 3.13. The maximum Gasteiger partial charge on any atom is 0.265 e. The van der Waals surface area contributed by atoms with Crippen LogP contribution >= 0.6 is 0 Å². The summed E-state index contributed by atoms with van der Waals surface area (Å²) in [5.74, 6) is -0.150. The maximum atomic E-state index is 12.4. The van der Waals surface area contributed by atoms with Crippen LogP contribution in [0.1, 0.15) is 34.8 Å². The predicted octanol–water partition coefficient (Wildman–Crippen LogP) is 3.21. The summed E-state index contributed by atoms with van der Waals surface area (Å²) >= 11 is 0. The number of rotatable bonds is 6. The monoisotopic (exact) mass is 347 g/mol. The van der Waals surface area contributed by atoms with Gasteiger partial charge in [-0.1, -0.05) is 19.1 Å². The van der Waals surface area contributed by atoms with E-state index >= 15 is 0 Å². The minimum Gasteiger partial charge on any atom is -0.494 e. The van der Waals surface area contributed by atoms with E-state index in [0.29, 0.717) is 12.4 Å². The number of carbonyl (C=O) groups excluding carboxylic acids is 1. The smallest absolute Gasteiger partial charge is 0.265 e. The third-order valence-corrected chi connectivity index (χ3v) is 4.91. The average molecular weight is 347 g/mol. The molecule has 1 N–H and O–H groups in total. The van der Waals surface area contributed by atoms with Crippen LogP contribution in [0.2, 0.25) is 0 Å². The lowest BCUT2D eigenvalue weighted by Crippen LogP contribution is -2.30. The largest absolute Gasteiger partial charge is 0.494 e. The number of nitrogens with one attached hydrogen (secondary N) is 1. The van der Waals surface area contributed by atoms with Crippen molar-refractivity contribution in [1.82, 2.24) is 4.72 Å². The molecule has 2 rings (SSSR count). The van der Waals surface area contributed by atoms with Crippen LogP contribution in [0.5, 0.6) is 5.75 Å². The molecule has 1 amide bonds. The van der Waals surface area contributed by atoms with Gasteiger partial charge in [0.2, 0.25) is 0 Å². The Morgan fingerprint density at radius 2 is 1.83 bits per heavy atom. The second-order valence-electron chi connectivity index (χ2n) is 5.56. The van der Waals surface area contributed by atoms with E-state index < -0.39 is 15.9 Å². The number of hydrogen-bond acceptors (Lipinski definition) is 4. The highest BCUT2D eigenvalue weighted by Crippen LogP contribution is 2.17. The van der Waals surface area contributed by atoms with Crippen LogP contribution in [0.3, 0.4) is 0 Å². The minimum absolute atomic E-state index is 0.0670. The first kappa shape index (κ1) is 18.0. The Hall–Kier alpha value is -2.34. The molecule has 6 heteroatoms. The summed E-state index contributed by atoms with van der Waals surface area (Å²) in [5, 5.41) is 0. The number of aryl methyl sites for hydroxylation is 2. The van der Waals surface area contributed by atoms with Crippen molar-refractivity contribution < 1.29 is 17.9 Å². The zero-order valence-corrected chi connectivity index (χ0v) is 14.8. The van der Waals surface area contributed by atoms with Gasteiger partial charge in [0.25, 0.3) is 15.9 Å². The molecule has 0 spiro atoms. The zero-order valence-electron chi connectivity index (χ0n) is 14.0. The minimum atomic E-state index is -3.92. The molecule has 0 aromatic heterocycles. The van der Waals surface area contributed by atoms with E-state index in [2.05, 4.69) is 4.72 Å². The second-order valence-corrected chi connectivity index (χ2v) is 7.24. The van der Waals surface area contributed by atoms with Crippen molar-refractivity contribution >= 4 is 15.9 Å². The van der Waals surface area contributed by atoms with Gasteiger partial charge in [0.15, 0.2) is 0 Å². The lowest BCUT2D eigenvalue weighted by atomic mass is 10.1. The lowest BCUT2D eigenvalue weighted by molar-refractivity contribution is 0.0981. The molecule has 0 aliphatic rings. The summed E-state index contributed by atoms with van der Waals surface area (Å²) in [7, 11) is -3.92. The molecule has 0 aliphatic heterocycles. The van der Waals surface area contributed by atoms with Crippen LogP contribution in [0, 0.1) is 13.8 Å². The number of carbonyl (C=O) groups is 1. The Morgan fingerprint density at radius 3 is 2.50 bits per heavy atom. The Labute approximate surface area is 142 Å². The molecule has 0 aliphatic carbocycles. The van der Waals surface area contributed by atoms with Crippen molar-refractivity contribution in [2.45, 2.75) is 32.1 Å². The molecular weight excluding hydrogens is 326 g/mol. The molecule has 0 atom stereocenters. The predicted molar refractivity (Wildman–Crippen MR) is 92.8 cm³/mol. The molecule has 5 nitrogen and oxygen atoms in total. The SMILES string of the molecule is CCCOc1cccc(C(=O)NS(=O)(=O)c2ccc(C)c(C)c2)c1.